The highest BCUT2D eigenvalue weighted by Crippen LogP contribution is 2.32. The lowest BCUT2D eigenvalue weighted by Crippen LogP contribution is -2.44. The Morgan fingerprint density at radius 2 is 1.74 bits per heavy atom. The van der Waals surface area contributed by atoms with Crippen LogP contribution in [-0.4, -0.2) is 119 Å². The molecule has 50 heavy (non-hydrogen) atoms. The van der Waals surface area contributed by atoms with Gasteiger partial charge in [0.05, 0.1) is 29.4 Å². The zero-order chi connectivity index (χ0) is 36.0. The van der Waals surface area contributed by atoms with Gasteiger partial charge >= 0.3 is 6.09 Å². The van der Waals surface area contributed by atoms with Gasteiger partial charge in [-0.05, 0) is 51.2 Å². The maximum atomic E-state index is 14.0. The molecule has 0 radical (unpaired) electrons. The molecule has 2 aliphatic rings. The summed E-state index contributed by atoms with van der Waals surface area (Å²) in [6, 6.07) is 7.37. The minimum Gasteiger partial charge on any atom is -0.445 e. The summed E-state index contributed by atoms with van der Waals surface area (Å²) in [6.45, 7) is 7.61. The number of fused-ring (bicyclic) bond motifs is 1. The summed E-state index contributed by atoms with van der Waals surface area (Å²) in [4.78, 5) is 31.0. The number of nitrogens with one attached hydrogen (secondary N) is 2. The van der Waals surface area contributed by atoms with Crippen LogP contribution in [0.5, 0.6) is 0 Å². The van der Waals surface area contributed by atoms with Gasteiger partial charge in [0.25, 0.3) is 5.91 Å². The first-order valence-corrected chi connectivity index (χ1v) is 17.8. The van der Waals surface area contributed by atoms with Crippen molar-refractivity contribution in [3.8, 4) is 0 Å². The molecule has 0 aliphatic carbocycles. The third-order valence-electron chi connectivity index (χ3n) is 8.49. The van der Waals surface area contributed by atoms with Gasteiger partial charge in [0, 0.05) is 88.5 Å². The molecule has 0 saturated carbocycles. The number of benzene rings is 2. The minimum atomic E-state index is -4.38. The van der Waals surface area contributed by atoms with Gasteiger partial charge < -0.3 is 34.6 Å². The average molecular weight is 720 g/mol. The number of amides is 1. The van der Waals surface area contributed by atoms with Crippen molar-refractivity contribution in [1.29, 1.82) is 0 Å². The van der Waals surface area contributed by atoms with E-state index in [0.29, 0.717) is 30.7 Å². The van der Waals surface area contributed by atoms with E-state index in [2.05, 4.69) is 32.6 Å². The molecule has 17 heteroatoms. The van der Waals surface area contributed by atoms with Crippen molar-refractivity contribution in [2.45, 2.75) is 37.8 Å². The van der Waals surface area contributed by atoms with Crippen LogP contribution in [0.25, 0.3) is 0 Å². The number of methoxy groups -OCH3 is 1. The Morgan fingerprint density at radius 3 is 2.42 bits per heavy atom. The van der Waals surface area contributed by atoms with Crippen LogP contribution < -0.4 is 15.5 Å². The highest BCUT2D eigenvalue weighted by atomic mass is 32.2. The van der Waals surface area contributed by atoms with E-state index in [1.165, 1.54) is 0 Å². The monoisotopic (exact) mass is 719 g/mol. The molecular formula is C33H43F2N7O7S. The van der Waals surface area contributed by atoms with Gasteiger partial charge in [-0.15, -0.1) is 5.10 Å². The predicted molar refractivity (Wildman–Crippen MR) is 182 cm³/mol. The number of anilines is 3. The summed E-state index contributed by atoms with van der Waals surface area (Å²) in [7, 11) is -0.726. The largest absolute Gasteiger partial charge is 0.445 e. The van der Waals surface area contributed by atoms with E-state index in [0.717, 1.165) is 53.0 Å². The first kappa shape index (κ1) is 37.1. The van der Waals surface area contributed by atoms with E-state index in [9.17, 15) is 26.8 Å². The molecule has 3 heterocycles. The molecule has 3 aromatic rings. The highest BCUT2D eigenvalue weighted by molar-refractivity contribution is 7.89. The average Bonchev–Trinajstić information content (AvgIpc) is 3.44. The smallest absolute Gasteiger partial charge is 0.435 e. The molecule has 14 nitrogen and oxygen atoms in total. The van der Waals surface area contributed by atoms with E-state index in [1.807, 2.05) is 19.1 Å². The molecule has 5 rings (SSSR count). The number of sulfonamides is 1. The first-order chi connectivity index (χ1) is 23.9. The fourth-order valence-corrected chi connectivity index (χ4v) is 7.37. The Kier molecular flexibility index (Phi) is 12.1. The van der Waals surface area contributed by atoms with E-state index in [4.69, 9.17) is 14.2 Å². The van der Waals surface area contributed by atoms with Gasteiger partial charge in [0.1, 0.15) is 18.2 Å². The van der Waals surface area contributed by atoms with E-state index >= 15 is 0 Å². The second kappa shape index (κ2) is 16.2. The van der Waals surface area contributed by atoms with Crippen LogP contribution in [0.4, 0.5) is 30.8 Å². The third kappa shape index (κ3) is 8.58. The van der Waals surface area contributed by atoms with Gasteiger partial charge in [-0.1, -0.05) is 0 Å². The summed E-state index contributed by atoms with van der Waals surface area (Å²) >= 11 is 0. The molecule has 1 saturated heterocycles. The van der Waals surface area contributed by atoms with Crippen molar-refractivity contribution < 1.29 is 41.0 Å². The Hall–Kier alpha value is -4.16. The topological polar surface area (TPSA) is 148 Å². The van der Waals surface area contributed by atoms with E-state index < -0.39 is 38.6 Å². The molecule has 1 atom stereocenters. The number of ether oxygens (including phenoxy) is 3. The Morgan fingerprint density at radius 1 is 1.02 bits per heavy atom. The molecule has 1 amide bonds. The summed E-state index contributed by atoms with van der Waals surface area (Å²) in [5, 5.41) is 10.5. The number of hydrogen-bond acceptors (Lipinski definition) is 11. The zero-order valence-corrected chi connectivity index (χ0v) is 29.4. The van der Waals surface area contributed by atoms with Crippen molar-refractivity contribution in [2.75, 3.05) is 88.8 Å². The van der Waals surface area contributed by atoms with Crippen molar-refractivity contribution in [3.05, 3.63) is 64.9 Å². The van der Waals surface area contributed by atoms with Crippen molar-refractivity contribution >= 4 is 39.2 Å². The molecule has 2 aromatic carbocycles. The summed E-state index contributed by atoms with van der Waals surface area (Å²) < 4.78 is 73.0. The van der Waals surface area contributed by atoms with E-state index in [-0.39, 0.29) is 55.7 Å². The van der Waals surface area contributed by atoms with Crippen LogP contribution in [0.3, 0.4) is 0 Å². The molecule has 2 N–H and O–H groups in total. The normalized spacial score (nSPS) is 16.2. The number of likely N-dealkylation sites (N-methyl/N-ethyl adjacent to an activating group) is 1. The molecule has 2 aliphatic heterocycles. The number of aromatic nitrogens is 2. The van der Waals surface area contributed by atoms with Crippen LogP contribution in [0.1, 0.15) is 35.5 Å². The van der Waals surface area contributed by atoms with Gasteiger partial charge in [-0.25, -0.2) is 22.0 Å². The molecular weight excluding hydrogens is 676 g/mol. The second-order valence-electron chi connectivity index (χ2n) is 12.2. The first-order valence-electron chi connectivity index (χ1n) is 16.4. The molecule has 0 unspecified atom stereocenters. The lowest BCUT2D eigenvalue weighted by atomic mass is 10.1. The van der Waals surface area contributed by atoms with Crippen molar-refractivity contribution in [1.82, 2.24) is 19.0 Å². The fourth-order valence-electron chi connectivity index (χ4n) is 5.91. The number of carbonyl (C=O) groups excluding carboxylic acids is 2. The maximum Gasteiger partial charge on any atom is 0.435 e. The minimum absolute atomic E-state index is 0.00313. The zero-order valence-electron chi connectivity index (χ0n) is 28.6. The lowest BCUT2D eigenvalue weighted by molar-refractivity contribution is 0.0777. The number of hydrogen-bond donors (Lipinski definition) is 2. The lowest BCUT2D eigenvalue weighted by Gasteiger charge is -2.34. The standard InChI is InChI=1S/C33H43F2N7O7S/c1-5-48-14-15-49-33(44)42-30-8-9-41(50(45,46)26-17-23(34)16-24(35)18-26)20-28(30)31(38-42)37-32(43)27-7-6-25(40-12-10-39(3)11-13-40)19-29(27)36-22(2)21-47-4/h6-7,16-19,22,36H,5,8-15,20-21H2,1-4H3,(H,37,38,43)/t22-/m1/s1. The number of halogens is 2. The van der Waals surface area contributed by atoms with Gasteiger partial charge in [-0.2, -0.15) is 8.99 Å². The summed E-state index contributed by atoms with van der Waals surface area (Å²) in [5.74, 6) is -2.71. The number of piperazine rings is 1. The Balaban J connectivity index is 1.48. The predicted octanol–water partition coefficient (Wildman–Crippen LogP) is 3.38. The number of carbonyl (C=O) groups is 2. The van der Waals surface area contributed by atoms with Gasteiger partial charge in [-0.3, -0.25) is 4.79 Å². The molecule has 272 valence electrons. The third-order valence-corrected chi connectivity index (χ3v) is 10.3. The summed E-state index contributed by atoms with van der Waals surface area (Å²) in [6.07, 6.45) is -0.839. The fraction of sp³-hybridized carbons (Fsp3) is 0.485. The van der Waals surface area contributed by atoms with Crippen LogP contribution in [0, 0.1) is 11.6 Å². The Bertz CT molecular complexity index is 1780. The van der Waals surface area contributed by atoms with Crippen molar-refractivity contribution in [3.63, 3.8) is 0 Å². The Labute approximate surface area is 290 Å². The van der Waals surface area contributed by atoms with Crippen LogP contribution in [0.15, 0.2) is 41.3 Å². The molecule has 0 spiro atoms. The molecule has 1 fully saturated rings. The molecule has 0 bridgehead atoms. The number of nitrogens with zero attached hydrogens (tertiary/aromatic N) is 5. The quantitative estimate of drug-likeness (QED) is 0.251. The van der Waals surface area contributed by atoms with Gasteiger partial charge in [0.15, 0.2) is 5.82 Å². The summed E-state index contributed by atoms with van der Waals surface area (Å²) in [5.41, 5.74) is 2.33. The van der Waals surface area contributed by atoms with Crippen LogP contribution in [0.2, 0.25) is 0 Å². The SMILES string of the molecule is CCOCCOC(=O)n1nc(NC(=O)c2ccc(N3CCN(C)CC3)cc2N[C@H](C)COC)c2c1CCN(S(=O)(=O)c1cc(F)cc(F)c1)C2. The molecule has 1 aromatic heterocycles. The maximum absolute atomic E-state index is 14.0. The highest BCUT2D eigenvalue weighted by Gasteiger charge is 2.35. The second-order valence-corrected chi connectivity index (χ2v) is 14.1. The van der Waals surface area contributed by atoms with E-state index in [1.54, 1.807) is 20.1 Å². The van der Waals surface area contributed by atoms with Crippen LogP contribution in [-0.2, 0) is 37.2 Å². The van der Waals surface area contributed by atoms with Gasteiger partial charge in [0.2, 0.25) is 10.0 Å². The number of rotatable bonds is 13. The van der Waals surface area contributed by atoms with Crippen LogP contribution >= 0.6 is 0 Å². The van der Waals surface area contributed by atoms with Crippen molar-refractivity contribution in [2.24, 2.45) is 0 Å².